The molecule has 0 unspecified atom stereocenters. The van der Waals surface area contributed by atoms with Crippen LogP contribution in [-0.2, 0) is 4.79 Å². The summed E-state index contributed by atoms with van der Waals surface area (Å²) in [7, 11) is 0. The molecule has 3 aromatic rings. The van der Waals surface area contributed by atoms with Crippen molar-refractivity contribution < 1.29 is 14.7 Å². The quantitative estimate of drug-likeness (QED) is 0.576. The molecular weight excluding hydrogens is 340 g/mol. The van der Waals surface area contributed by atoms with Crippen LogP contribution in [-0.4, -0.2) is 45.9 Å². The molecule has 5 heteroatoms. The third kappa shape index (κ3) is 3.46. The Morgan fingerprint density at radius 3 is 2.59 bits per heavy atom. The lowest BCUT2D eigenvalue weighted by molar-refractivity contribution is -0.129. The number of hydrogen-bond donors (Lipinski definition) is 1. The highest BCUT2D eigenvalue weighted by Crippen LogP contribution is 2.30. The number of aliphatic hydroxyl groups is 1. The first-order valence-electron chi connectivity index (χ1n) is 9.04. The van der Waals surface area contributed by atoms with Gasteiger partial charge in [0.15, 0.2) is 0 Å². The van der Waals surface area contributed by atoms with Gasteiger partial charge in [-0.25, -0.2) is 0 Å². The maximum absolute atomic E-state index is 12.5. The fraction of sp³-hybridized carbons (Fsp3) is 0.227. The van der Waals surface area contributed by atoms with Gasteiger partial charge in [0.1, 0.15) is 0 Å². The van der Waals surface area contributed by atoms with Crippen molar-refractivity contribution in [2.24, 2.45) is 0 Å². The molecule has 1 saturated heterocycles. The minimum absolute atomic E-state index is 0.0489. The van der Waals surface area contributed by atoms with Gasteiger partial charge >= 0.3 is 0 Å². The van der Waals surface area contributed by atoms with E-state index in [4.69, 9.17) is 0 Å². The number of hydrogen-bond acceptors (Lipinski definition) is 4. The van der Waals surface area contributed by atoms with Crippen LogP contribution in [0.4, 0.5) is 0 Å². The second kappa shape index (κ2) is 7.29. The van der Waals surface area contributed by atoms with E-state index in [0.717, 1.165) is 16.3 Å². The zero-order valence-electron chi connectivity index (χ0n) is 14.8. The number of carbonyl (C=O) groups excluding carboxylic acids is 2. The smallest absolute Gasteiger partial charge is 0.295 e. The van der Waals surface area contributed by atoms with Gasteiger partial charge in [0.2, 0.25) is 0 Å². The first-order valence-corrected chi connectivity index (χ1v) is 9.04. The number of benzene rings is 2. The molecule has 2 heterocycles. The van der Waals surface area contributed by atoms with E-state index in [-0.39, 0.29) is 18.0 Å². The number of ketones is 1. The number of rotatable bonds is 3. The Bertz CT molecular complexity index is 987. The third-order valence-corrected chi connectivity index (χ3v) is 5.19. The minimum atomic E-state index is -0.703. The molecule has 1 aromatic heterocycles. The van der Waals surface area contributed by atoms with E-state index in [1.807, 2.05) is 18.2 Å². The minimum Gasteiger partial charge on any atom is -0.391 e. The van der Waals surface area contributed by atoms with Crippen molar-refractivity contribution in [3.8, 4) is 0 Å². The first kappa shape index (κ1) is 17.4. The average Bonchev–Trinajstić information content (AvgIpc) is 2.73. The highest BCUT2D eigenvalue weighted by atomic mass is 16.3. The number of aromatic nitrogens is 1. The van der Waals surface area contributed by atoms with Gasteiger partial charge in [0, 0.05) is 37.0 Å². The number of pyridine rings is 1. The summed E-state index contributed by atoms with van der Waals surface area (Å²) in [6.07, 6.45) is 2.86. The number of aliphatic hydroxyl groups excluding tert-OH is 1. The van der Waals surface area contributed by atoms with E-state index in [0.29, 0.717) is 13.0 Å². The fourth-order valence-electron chi connectivity index (χ4n) is 3.71. The summed E-state index contributed by atoms with van der Waals surface area (Å²) in [6.45, 7) is 0.599. The SMILES string of the molecule is O=C(C(=O)N1CC[C@@H](c2ccc3ccccc3c2)[C@H](O)C1)c1cccnc1. The van der Waals surface area contributed by atoms with E-state index in [2.05, 4.69) is 29.2 Å². The maximum atomic E-state index is 12.5. The molecule has 0 saturated carbocycles. The average molecular weight is 360 g/mol. The second-order valence-electron chi connectivity index (χ2n) is 6.89. The van der Waals surface area contributed by atoms with Crippen LogP contribution in [0.25, 0.3) is 10.8 Å². The molecule has 5 nitrogen and oxygen atoms in total. The highest BCUT2D eigenvalue weighted by Gasteiger charge is 2.33. The van der Waals surface area contributed by atoms with E-state index >= 15 is 0 Å². The number of likely N-dealkylation sites (tertiary alicyclic amines) is 1. The third-order valence-electron chi connectivity index (χ3n) is 5.19. The number of carbonyl (C=O) groups is 2. The van der Waals surface area contributed by atoms with Crippen LogP contribution in [0.15, 0.2) is 67.0 Å². The molecule has 4 rings (SSSR count). The van der Waals surface area contributed by atoms with Gasteiger partial charge in [0.05, 0.1) is 6.10 Å². The van der Waals surface area contributed by atoms with Crippen molar-refractivity contribution in [2.45, 2.75) is 18.4 Å². The van der Waals surface area contributed by atoms with Crippen molar-refractivity contribution in [2.75, 3.05) is 13.1 Å². The molecule has 2 aromatic carbocycles. The Morgan fingerprint density at radius 1 is 1.04 bits per heavy atom. The summed E-state index contributed by atoms with van der Waals surface area (Å²) in [5, 5.41) is 12.9. The van der Waals surface area contributed by atoms with Crippen LogP contribution in [0.1, 0.15) is 28.3 Å². The molecule has 0 aliphatic carbocycles. The lowest BCUT2D eigenvalue weighted by Gasteiger charge is -2.36. The predicted octanol–water partition coefficient (Wildman–Crippen LogP) is 2.79. The molecule has 27 heavy (non-hydrogen) atoms. The van der Waals surface area contributed by atoms with Gasteiger partial charge in [0.25, 0.3) is 11.7 Å². The van der Waals surface area contributed by atoms with Gasteiger partial charge in [-0.15, -0.1) is 0 Å². The van der Waals surface area contributed by atoms with Gasteiger partial charge in [-0.1, -0.05) is 42.5 Å². The molecule has 1 aliphatic rings. The zero-order valence-corrected chi connectivity index (χ0v) is 14.8. The topological polar surface area (TPSA) is 70.5 Å². The predicted molar refractivity (Wildman–Crippen MR) is 102 cm³/mol. The number of amides is 1. The molecule has 1 fully saturated rings. The molecule has 0 bridgehead atoms. The molecule has 2 atom stereocenters. The van der Waals surface area contributed by atoms with Gasteiger partial charge in [-0.3, -0.25) is 14.6 Å². The number of β-amino-alcohol motifs (C(OH)–C–C–N with tert-alkyl or cyclic N) is 1. The van der Waals surface area contributed by atoms with Crippen LogP contribution in [0.5, 0.6) is 0 Å². The number of Topliss-reactive ketones (excluding diaryl/α,β-unsaturated/α-hetero) is 1. The van der Waals surface area contributed by atoms with Gasteiger partial charge in [-0.2, -0.15) is 0 Å². The number of nitrogens with zero attached hydrogens (tertiary/aromatic N) is 2. The normalized spacial score (nSPS) is 19.8. The lowest BCUT2D eigenvalue weighted by atomic mass is 9.86. The molecule has 1 N–H and O–H groups in total. The van der Waals surface area contributed by atoms with E-state index in [1.54, 1.807) is 18.3 Å². The van der Waals surface area contributed by atoms with Gasteiger partial charge in [-0.05, 0) is 34.9 Å². The largest absolute Gasteiger partial charge is 0.391 e. The maximum Gasteiger partial charge on any atom is 0.295 e. The zero-order chi connectivity index (χ0) is 18.8. The molecule has 136 valence electrons. The summed E-state index contributed by atoms with van der Waals surface area (Å²) >= 11 is 0. The Kier molecular flexibility index (Phi) is 4.69. The summed E-state index contributed by atoms with van der Waals surface area (Å²) < 4.78 is 0. The number of fused-ring (bicyclic) bond motifs is 1. The second-order valence-corrected chi connectivity index (χ2v) is 6.89. The van der Waals surface area contributed by atoms with Crippen molar-refractivity contribution >= 4 is 22.5 Å². The van der Waals surface area contributed by atoms with E-state index in [1.165, 1.54) is 11.1 Å². The fourth-order valence-corrected chi connectivity index (χ4v) is 3.71. The van der Waals surface area contributed by atoms with Crippen LogP contribution < -0.4 is 0 Å². The number of piperidine rings is 1. The van der Waals surface area contributed by atoms with Crippen LogP contribution in [0, 0.1) is 0 Å². The Hall–Kier alpha value is -3.05. The Labute approximate surface area is 157 Å². The summed E-state index contributed by atoms with van der Waals surface area (Å²) in [4.78, 5) is 30.2. The monoisotopic (exact) mass is 360 g/mol. The van der Waals surface area contributed by atoms with Crippen molar-refractivity contribution in [3.63, 3.8) is 0 Å². The van der Waals surface area contributed by atoms with Crippen molar-refractivity contribution in [1.29, 1.82) is 0 Å². The molecule has 0 spiro atoms. The lowest BCUT2D eigenvalue weighted by Crippen LogP contribution is -2.48. The van der Waals surface area contributed by atoms with E-state index < -0.39 is 17.8 Å². The van der Waals surface area contributed by atoms with Gasteiger partial charge < -0.3 is 10.0 Å². The van der Waals surface area contributed by atoms with Crippen LogP contribution in [0.3, 0.4) is 0 Å². The van der Waals surface area contributed by atoms with Crippen LogP contribution >= 0.6 is 0 Å². The molecule has 0 radical (unpaired) electrons. The van der Waals surface area contributed by atoms with Crippen molar-refractivity contribution in [1.82, 2.24) is 9.88 Å². The first-order chi connectivity index (χ1) is 13.1. The molecule has 1 aliphatic heterocycles. The summed E-state index contributed by atoms with van der Waals surface area (Å²) in [6, 6.07) is 17.5. The standard InChI is InChI=1S/C22H20N2O3/c25-20-14-24(22(27)21(26)18-6-3-10-23-13-18)11-9-19(20)17-8-7-15-4-1-2-5-16(15)12-17/h1-8,10,12-13,19-20,25H,9,11,14H2/t19-,20+/m0/s1. The van der Waals surface area contributed by atoms with E-state index in [9.17, 15) is 14.7 Å². The Balaban J connectivity index is 1.48. The van der Waals surface area contributed by atoms with Crippen LogP contribution in [0.2, 0.25) is 0 Å². The van der Waals surface area contributed by atoms with Crippen molar-refractivity contribution in [3.05, 3.63) is 78.1 Å². The summed E-state index contributed by atoms with van der Waals surface area (Å²) in [5.74, 6) is -1.22. The molecular formula is C22H20N2O3. The Morgan fingerprint density at radius 2 is 1.85 bits per heavy atom. The molecule has 1 amide bonds. The highest BCUT2D eigenvalue weighted by molar-refractivity contribution is 6.42. The summed E-state index contributed by atoms with van der Waals surface area (Å²) in [5.41, 5.74) is 1.33.